The van der Waals surface area contributed by atoms with E-state index in [2.05, 4.69) is 0 Å². The third kappa shape index (κ3) is 2.15. The lowest BCUT2D eigenvalue weighted by molar-refractivity contribution is -0.165. The van der Waals surface area contributed by atoms with Crippen molar-refractivity contribution in [3.63, 3.8) is 0 Å². The zero-order valence-corrected chi connectivity index (χ0v) is 11.5. The Kier molecular flexibility index (Phi) is 3.69. The average molecular weight is 266 g/mol. The summed E-state index contributed by atoms with van der Waals surface area (Å²) >= 11 is 1.80. The van der Waals surface area contributed by atoms with Crippen LogP contribution in [-0.2, 0) is 16.8 Å². The largest absolute Gasteiger partial charge is 0.479 e. The van der Waals surface area contributed by atoms with Gasteiger partial charge in [0, 0.05) is 4.90 Å². The van der Waals surface area contributed by atoms with Gasteiger partial charge >= 0.3 is 5.97 Å². The topological polar surface area (TPSA) is 57.5 Å². The summed E-state index contributed by atoms with van der Waals surface area (Å²) in [7, 11) is 0. The Balaban J connectivity index is 2.46. The highest BCUT2D eigenvalue weighted by atomic mass is 32.2. The van der Waals surface area contributed by atoms with Crippen molar-refractivity contribution in [2.45, 2.75) is 37.2 Å². The van der Waals surface area contributed by atoms with Crippen molar-refractivity contribution in [3.05, 3.63) is 29.3 Å². The van der Waals surface area contributed by atoms with E-state index >= 15 is 0 Å². The molecular formula is C14H18O3S. The van der Waals surface area contributed by atoms with Gasteiger partial charge < -0.3 is 10.2 Å². The molecule has 0 radical (unpaired) electrons. The Morgan fingerprint density at radius 1 is 1.44 bits per heavy atom. The first-order chi connectivity index (χ1) is 8.46. The molecular weight excluding hydrogens is 248 g/mol. The minimum absolute atomic E-state index is 0.371. The fraction of sp³-hybridized carbons (Fsp3) is 0.500. The summed E-state index contributed by atoms with van der Waals surface area (Å²) in [6, 6.07) is 5.53. The van der Waals surface area contributed by atoms with Gasteiger partial charge in [-0.15, -0.1) is 11.8 Å². The molecule has 0 spiro atoms. The molecule has 0 saturated carbocycles. The number of carbonyl (C=O) groups is 1. The minimum Gasteiger partial charge on any atom is -0.479 e. The maximum Gasteiger partial charge on any atom is 0.340 e. The van der Waals surface area contributed by atoms with E-state index in [0.717, 1.165) is 24.2 Å². The quantitative estimate of drug-likeness (QED) is 0.883. The summed E-state index contributed by atoms with van der Waals surface area (Å²) in [5.41, 5.74) is -0.146. The number of benzene rings is 1. The fourth-order valence-electron chi connectivity index (χ4n) is 2.30. The van der Waals surface area contributed by atoms with Gasteiger partial charge in [0.25, 0.3) is 0 Å². The van der Waals surface area contributed by atoms with Crippen LogP contribution < -0.4 is 0 Å². The van der Waals surface area contributed by atoms with Gasteiger partial charge in [-0.1, -0.05) is 26.0 Å². The van der Waals surface area contributed by atoms with E-state index in [1.54, 1.807) is 31.7 Å². The second-order valence-corrected chi connectivity index (χ2v) is 6.14. The Labute approximate surface area is 111 Å². The van der Waals surface area contributed by atoms with E-state index in [0.29, 0.717) is 5.56 Å². The van der Waals surface area contributed by atoms with Crippen molar-refractivity contribution in [1.29, 1.82) is 0 Å². The second-order valence-electron chi connectivity index (χ2n) is 5.00. The summed E-state index contributed by atoms with van der Waals surface area (Å²) < 4.78 is 0. The Bertz CT molecular complexity index is 470. The van der Waals surface area contributed by atoms with Crippen LogP contribution in [0.15, 0.2) is 23.1 Å². The van der Waals surface area contributed by atoms with E-state index in [9.17, 15) is 15.0 Å². The predicted octanol–water partition coefficient (Wildman–Crippen LogP) is 2.65. The third-order valence-electron chi connectivity index (χ3n) is 3.51. The number of hydrogen-bond donors (Lipinski definition) is 2. The zero-order chi connectivity index (χ0) is 13.3. The first kappa shape index (κ1) is 13.4. The molecule has 0 aliphatic carbocycles. The lowest BCUT2D eigenvalue weighted by Crippen LogP contribution is -2.40. The molecule has 1 aliphatic rings. The van der Waals surface area contributed by atoms with Gasteiger partial charge in [0.1, 0.15) is 0 Å². The molecule has 0 saturated heterocycles. The van der Waals surface area contributed by atoms with E-state index in [-0.39, 0.29) is 5.92 Å². The fourth-order valence-corrected chi connectivity index (χ4v) is 3.32. The SMILES string of the molecule is CC(C)C(O)(C(=O)O)c1ccc2c(c1)CCCS2. The first-order valence-electron chi connectivity index (χ1n) is 6.18. The van der Waals surface area contributed by atoms with Gasteiger partial charge in [-0.3, -0.25) is 0 Å². The van der Waals surface area contributed by atoms with Crippen LogP contribution >= 0.6 is 11.8 Å². The summed E-state index contributed by atoms with van der Waals surface area (Å²) in [6.07, 6.45) is 2.07. The predicted molar refractivity (Wildman–Crippen MR) is 71.9 cm³/mol. The molecule has 3 nitrogen and oxygen atoms in total. The standard InChI is InChI=1S/C14H18O3S/c1-9(2)14(17,13(15)16)11-5-6-12-10(8-11)4-3-7-18-12/h5-6,8-9,17H,3-4,7H2,1-2H3,(H,15,16). The lowest BCUT2D eigenvalue weighted by Gasteiger charge is -2.29. The van der Waals surface area contributed by atoms with Gasteiger partial charge in [-0.05, 0) is 41.7 Å². The van der Waals surface area contributed by atoms with Crippen LogP contribution in [0.1, 0.15) is 31.4 Å². The minimum atomic E-state index is -1.79. The summed E-state index contributed by atoms with van der Waals surface area (Å²) in [6.45, 7) is 3.45. The van der Waals surface area contributed by atoms with Crippen LogP contribution in [0, 0.1) is 5.92 Å². The summed E-state index contributed by atoms with van der Waals surface area (Å²) in [5, 5.41) is 19.7. The second kappa shape index (κ2) is 4.94. The Morgan fingerprint density at radius 2 is 2.17 bits per heavy atom. The number of aliphatic carboxylic acids is 1. The summed E-state index contributed by atoms with van der Waals surface area (Å²) in [4.78, 5) is 12.6. The molecule has 1 aliphatic heterocycles. The number of aryl methyl sites for hydroxylation is 1. The van der Waals surface area contributed by atoms with Gasteiger partial charge in [-0.2, -0.15) is 0 Å². The van der Waals surface area contributed by atoms with Crippen molar-refractivity contribution >= 4 is 17.7 Å². The molecule has 98 valence electrons. The number of fused-ring (bicyclic) bond motifs is 1. The highest BCUT2D eigenvalue weighted by molar-refractivity contribution is 7.99. The van der Waals surface area contributed by atoms with E-state index in [1.165, 1.54) is 4.90 Å². The maximum absolute atomic E-state index is 11.4. The van der Waals surface area contributed by atoms with Crippen molar-refractivity contribution in [2.75, 3.05) is 5.75 Å². The molecule has 4 heteroatoms. The molecule has 1 heterocycles. The van der Waals surface area contributed by atoms with Crippen LogP contribution in [0.3, 0.4) is 0 Å². The van der Waals surface area contributed by atoms with Gasteiger partial charge in [0.2, 0.25) is 0 Å². The third-order valence-corrected chi connectivity index (χ3v) is 4.71. The molecule has 0 bridgehead atoms. The molecule has 2 N–H and O–H groups in total. The molecule has 18 heavy (non-hydrogen) atoms. The highest BCUT2D eigenvalue weighted by Gasteiger charge is 2.41. The van der Waals surface area contributed by atoms with Gasteiger partial charge in [-0.25, -0.2) is 4.79 Å². The number of hydrogen-bond acceptors (Lipinski definition) is 3. The molecule has 1 unspecified atom stereocenters. The Hall–Kier alpha value is -1.00. The highest BCUT2D eigenvalue weighted by Crippen LogP contribution is 2.36. The number of carboxylic acid groups (broad SMARTS) is 1. The monoisotopic (exact) mass is 266 g/mol. The molecule has 0 fully saturated rings. The van der Waals surface area contributed by atoms with Gasteiger partial charge in [0.15, 0.2) is 5.60 Å². The lowest BCUT2D eigenvalue weighted by atomic mass is 9.82. The molecule has 0 aromatic heterocycles. The van der Waals surface area contributed by atoms with E-state index in [1.807, 2.05) is 12.1 Å². The van der Waals surface area contributed by atoms with Crippen LogP contribution in [0.5, 0.6) is 0 Å². The van der Waals surface area contributed by atoms with Crippen LogP contribution in [0.4, 0.5) is 0 Å². The van der Waals surface area contributed by atoms with E-state index in [4.69, 9.17) is 0 Å². The van der Waals surface area contributed by atoms with Crippen molar-refractivity contribution in [1.82, 2.24) is 0 Å². The average Bonchev–Trinajstić information content (AvgIpc) is 2.36. The number of rotatable bonds is 3. The Morgan fingerprint density at radius 3 is 2.78 bits per heavy atom. The number of carboxylic acids is 1. The zero-order valence-electron chi connectivity index (χ0n) is 10.6. The molecule has 1 aromatic rings. The smallest absolute Gasteiger partial charge is 0.340 e. The summed E-state index contributed by atoms with van der Waals surface area (Å²) in [5.74, 6) is -0.440. The van der Waals surface area contributed by atoms with Crippen molar-refractivity contribution in [3.8, 4) is 0 Å². The van der Waals surface area contributed by atoms with Crippen molar-refractivity contribution in [2.24, 2.45) is 5.92 Å². The maximum atomic E-state index is 11.4. The number of aliphatic hydroxyl groups is 1. The van der Waals surface area contributed by atoms with E-state index < -0.39 is 11.6 Å². The van der Waals surface area contributed by atoms with Crippen LogP contribution in [0.2, 0.25) is 0 Å². The van der Waals surface area contributed by atoms with Gasteiger partial charge in [0.05, 0.1) is 0 Å². The normalized spacial score (nSPS) is 18.2. The number of thioether (sulfide) groups is 1. The van der Waals surface area contributed by atoms with Crippen LogP contribution in [0.25, 0.3) is 0 Å². The molecule has 0 amide bonds. The molecule has 2 rings (SSSR count). The van der Waals surface area contributed by atoms with Crippen LogP contribution in [-0.4, -0.2) is 21.9 Å². The first-order valence-corrected chi connectivity index (χ1v) is 7.16. The molecule has 1 aromatic carbocycles. The van der Waals surface area contributed by atoms with Crippen molar-refractivity contribution < 1.29 is 15.0 Å². The molecule has 1 atom stereocenters.